The van der Waals surface area contributed by atoms with E-state index in [9.17, 15) is 22.8 Å². The normalized spacial score (nSPS) is 11.1. The molecule has 3 aromatic rings. The summed E-state index contributed by atoms with van der Waals surface area (Å²) in [5, 5.41) is 0.221. The number of ether oxygens (including phenoxy) is 3. The predicted octanol–water partition coefficient (Wildman–Crippen LogP) is 2.49. The molecule has 1 heterocycles. The van der Waals surface area contributed by atoms with Crippen LogP contribution in [0.4, 0.5) is 5.69 Å². The number of hydrogen-bond donors (Lipinski definition) is 0. The zero-order chi connectivity index (χ0) is 24.7. The van der Waals surface area contributed by atoms with Crippen LogP contribution in [0.5, 0.6) is 5.75 Å². The standard InChI is InChI=1S/C23H23NO9S/c1-3-30-22(26)14-24(34(28,29)17-8-6-5-7-9-17)16-10-11-19-18(12-16)20(13-21(25)33-19)32-15-23(27)31-4-2/h5-13H,3-4,14-15H2,1-2H3. The van der Waals surface area contributed by atoms with E-state index in [1.165, 1.54) is 30.3 Å². The van der Waals surface area contributed by atoms with E-state index in [2.05, 4.69) is 0 Å². The smallest absolute Gasteiger partial charge is 0.344 e. The summed E-state index contributed by atoms with van der Waals surface area (Å²) in [6.07, 6.45) is 0. The monoisotopic (exact) mass is 489 g/mol. The lowest BCUT2D eigenvalue weighted by Gasteiger charge is -2.24. The number of nitrogens with zero attached hydrogens (tertiary/aromatic N) is 1. The number of sulfonamides is 1. The largest absolute Gasteiger partial charge is 0.481 e. The summed E-state index contributed by atoms with van der Waals surface area (Å²) < 4.78 is 48.1. The molecule has 0 saturated heterocycles. The van der Waals surface area contributed by atoms with Crippen molar-refractivity contribution in [3.05, 3.63) is 65.0 Å². The number of hydrogen-bond acceptors (Lipinski definition) is 9. The summed E-state index contributed by atoms with van der Waals surface area (Å²) in [7, 11) is -4.17. The van der Waals surface area contributed by atoms with Crippen molar-refractivity contribution >= 4 is 38.6 Å². The Kier molecular flexibility index (Phi) is 7.90. The van der Waals surface area contributed by atoms with Crippen molar-refractivity contribution in [3.8, 4) is 5.75 Å². The van der Waals surface area contributed by atoms with Crippen molar-refractivity contribution in [2.24, 2.45) is 0 Å². The highest BCUT2D eigenvalue weighted by molar-refractivity contribution is 7.92. The molecular formula is C23H23NO9S. The van der Waals surface area contributed by atoms with Gasteiger partial charge in [-0.3, -0.25) is 9.10 Å². The Bertz CT molecular complexity index is 1330. The Morgan fingerprint density at radius 3 is 2.29 bits per heavy atom. The van der Waals surface area contributed by atoms with Crippen LogP contribution >= 0.6 is 0 Å². The van der Waals surface area contributed by atoms with Gasteiger partial charge in [0.15, 0.2) is 6.61 Å². The molecule has 0 aliphatic carbocycles. The van der Waals surface area contributed by atoms with Gasteiger partial charge in [0.2, 0.25) is 0 Å². The minimum absolute atomic E-state index is 0.00523. The fourth-order valence-corrected chi connectivity index (χ4v) is 4.52. The summed E-state index contributed by atoms with van der Waals surface area (Å²) in [6.45, 7) is 2.43. The lowest BCUT2D eigenvalue weighted by Crippen LogP contribution is -2.36. The van der Waals surface area contributed by atoms with E-state index in [0.29, 0.717) is 0 Å². The number of carbonyl (C=O) groups is 2. The topological polar surface area (TPSA) is 129 Å². The second-order valence-corrected chi connectivity index (χ2v) is 8.70. The average Bonchev–Trinajstić information content (AvgIpc) is 2.81. The lowest BCUT2D eigenvalue weighted by molar-refractivity contribution is -0.145. The molecule has 3 rings (SSSR count). The molecule has 0 spiro atoms. The number of rotatable bonds is 10. The number of anilines is 1. The van der Waals surface area contributed by atoms with E-state index in [1.54, 1.807) is 32.0 Å². The summed E-state index contributed by atoms with van der Waals surface area (Å²) in [6, 6.07) is 12.8. The van der Waals surface area contributed by atoms with Crippen LogP contribution in [0.3, 0.4) is 0 Å². The second-order valence-electron chi connectivity index (χ2n) is 6.83. The molecule has 0 atom stereocenters. The van der Waals surface area contributed by atoms with E-state index in [0.717, 1.165) is 10.4 Å². The third-order valence-corrected chi connectivity index (χ3v) is 6.32. The van der Waals surface area contributed by atoms with E-state index in [1.807, 2.05) is 0 Å². The van der Waals surface area contributed by atoms with Gasteiger partial charge in [-0.1, -0.05) is 18.2 Å². The summed E-state index contributed by atoms with van der Waals surface area (Å²) in [5.74, 6) is -1.40. The minimum atomic E-state index is -4.17. The summed E-state index contributed by atoms with van der Waals surface area (Å²) >= 11 is 0. The maximum atomic E-state index is 13.4. The zero-order valence-corrected chi connectivity index (χ0v) is 19.4. The maximum Gasteiger partial charge on any atom is 0.344 e. The highest BCUT2D eigenvalue weighted by atomic mass is 32.2. The van der Waals surface area contributed by atoms with Gasteiger partial charge in [0, 0.05) is 0 Å². The summed E-state index contributed by atoms with van der Waals surface area (Å²) in [4.78, 5) is 35.8. The highest BCUT2D eigenvalue weighted by Gasteiger charge is 2.28. The van der Waals surface area contributed by atoms with Gasteiger partial charge in [0.05, 0.1) is 35.2 Å². The molecule has 1 aromatic heterocycles. The van der Waals surface area contributed by atoms with E-state index >= 15 is 0 Å². The predicted molar refractivity (Wildman–Crippen MR) is 122 cm³/mol. The minimum Gasteiger partial charge on any atom is -0.481 e. The SMILES string of the molecule is CCOC(=O)COc1cc(=O)oc2ccc(N(CC(=O)OCC)S(=O)(=O)c3ccccc3)cc12. The average molecular weight is 490 g/mol. The second kappa shape index (κ2) is 10.8. The molecular weight excluding hydrogens is 466 g/mol. The Labute approximate surface area is 195 Å². The van der Waals surface area contributed by atoms with Crippen molar-refractivity contribution in [2.75, 3.05) is 30.7 Å². The lowest BCUT2D eigenvalue weighted by atomic mass is 10.2. The third kappa shape index (κ3) is 5.73. The Balaban J connectivity index is 2.10. The van der Waals surface area contributed by atoms with Crippen LogP contribution in [-0.2, 0) is 29.1 Å². The maximum absolute atomic E-state index is 13.4. The van der Waals surface area contributed by atoms with Gasteiger partial charge in [-0.05, 0) is 44.2 Å². The van der Waals surface area contributed by atoms with E-state index < -0.39 is 40.7 Å². The van der Waals surface area contributed by atoms with Crippen molar-refractivity contribution in [1.82, 2.24) is 0 Å². The fourth-order valence-electron chi connectivity index (χ4n) is 3.09. The van der Waals surface area contributed by atoms with Crippen molar-refractivity contribution in [3.63, 3.8) is 0 Å². The van der Waals surface area contributed by atoms with Gasteiger partial charge in [-0.15, -0.1) is 0 Å². The first-order valence-corrected chi connectivity index (χ1v) is 11.8. The Hall–Kier alpha value is -3.86. The van der Waals surface area contributed by atoms with Crippen LogP contribution in [0.15, 0.2) is 68.7 Å². The molecule has 0 radical (unpaired) electrons. The van der Waals surface area contributed by atoms with Crippen LogP contribution in [0, 0.1) is 0 Å². The molecule has 0 bridgehead atoms. The zero-order valence-electron chi connectivity index (χ0n) is 18.6. The number of esters is 2. The first-order chi connectivity index (χ1) is 16.3. The Morgan fingerprint density at radius 2 is 1.62 bits per heavy atom. The van der Waals surface area contributed by atoms with Crippen LogP contribution < -0.4 is 14.7 Å². The van der Waals surface area contributed by atoms with Gasteiger partial charge in [0.1, 0.15) is 17.9 Å². The van der Waals surface area contributed by atoms with Gasteiger partial charge >= 0.3 is 17.6 Å². The molecule has 0 fully saturated rings. The highest BCUT2D eigenvalue weighted by Crippen LogP contribution is 2.31. The van der Waals surface area contributed by atoms with Crippen molar-refractivity contribution in [2.45, 2.75) is 18.7 Å². The van der Waals surface area contributed by atoms with Gasteiger partial charge in [-0.25, -0.2) is 18.0 Å². The third-order valence-electron chi connectivity index (χ3n) is 4.54. The molecule has 0 unspecified atom stereocenters. The molecule has 10 nitrogen and oxygen atoms in total. The van der Waals surface area contributed by atoms with Gasteiger partial charge in [0.25, 0.3) is 10.0 Å². The molecule has 0 saturated carbocycles. The van der Waals surface area contributed by atoms with Crippen LogP contribution in [0.2, 0.25) is 0 Å². The quantitative estimate of drug-likeness (QED) is 0.311. The fraction of sp³-hybridized carbons (Fsp3) is 0.261. The number of benzene rings is 2. The van der Waals surface area contributed by atoms with Crippen LogP contribution in [0.1, 0.15) is 13.8 Å². The van der Waals surface area contributed by atoms with Crippen molar-refractivity contribution < 1.29 is 36.6 Å². The summed E-state index contributed by atoms with van der Waals surface area (Å²) in [5.41, 5.74) is -0.526. The van der Waals surface area contributed by atoms with E-state index in [-0.39, 0.29) is 40.5 Å². The molecule has 0 N–H and O–H groups in total. The molecule has 34 heavy (non-hydrogen) atoms. The Morgan fingerprint density at radius 1 is 0.941 bits per heavy atom. The molecule has 2 aromatic carbocycles. The first-order valence-electron chi connectivity index (χ1n) is 10.4. The molecule has 0 aliphatic heterocycles. The number of fused-ring (bicyclic) bond motifs is 1. The number of carbonyl (C=O) groups excluding carboxylic acids is 2. The van der Waals surface area contributed by atoms with Crippen molar-refractivity contribution in [1.29, 1.82) is 0 Å². The van der Waals surface area contributed by atoms with Crippen LogP contribution in [0.25, 0.3) is 11.0 Å². The molecule has 11 heteroatoms. The van der Waals surface area contributed by atoms with E-state index in [4.69, 9.17) is 18.6 Å². The molecule has 180 valence electrons. The first kappa shape index (κ1) is 24.8. The van der Waals surface area contributed by atoms with Gasteiger partial charge < -0.3 is 18.6 Å². The molecule has 0 aliphatic rings. The molecule has 0 amide bonds. The van der Waals surface area contributed by atoms with Gasteiger partial charge in [-0.2, -0.15) is 0 Å². The van der Waals surface area contributed by atoms with Crippen LogP contribution in [-0.4, -0.2) is 46.7 Å².